The van der Waals surface area contributed by atoms with Crippen molar-refractivity contribution in [1.82, 2.24) is 9.71 Å². The van der Waals surface area contributed by atoms with Crippen molar-refractivity contribution in [2.45, 2.75) is 6.92 Å². The maximum absolute atomic E-state index is 11.4. The summed E-state index contributed by atoms with van der Waals surface area (Å²) in [6, 6.07) is 2.00. The maximum Gasteiger partial charge on any atom is 0.354 e. The molecule has 0 bridgehead atoms. The van der Waals surface area contributed by atoms with Crippen LogP contribution in [0.5, 0.6) is 0 Å². The summed E-state index contributed by atoms with van der Waals surface area (Å²) in [7, 11) is -3.49. The van der Waals surface area contributed by atoms with Gasteiger partial charge in [0, 0.05) is 19.2 Å². The zero-order valence-corrected chi connectivity index (χ0v) is 11.9. The summed E-state index contributed by atoms with van der Waals surface area (Å²) in [5.41, 5.74) is -0.807. The fraction of sp³-hybridized carbons (Fsp3) is 0.400. The molecule has 1 rings (SSSR count). The number of nitrogens with zero attached hydrogens (tertiary/aromatic N) is 2. The zero-order chi connectivity index (χ0) is 16.0. The highest BCUT2D eigenvalue weighted by Gasteiger charge is 2.19. The number of hydrogen-bond donors (Lipinski definition) is 3. The number of hydrogen-bond acceptors (Lipinski definition) is 7. The van der Waals surface area contributed by atoms with Gasteiger partial charge in [-0.25, -0.2) is 22.9 Å². The van der Waals surface area contributed by atoms with Crippen molar-refractivity contribution in [3.8, 4) is 0 Å². The van der Waals surface area contributed by atoms with Gasteiger partial charge in [0.25, 0.3) is 0 Å². The van der Waals surface area contributed by atoms with Crippen molar-refractivity contribution < 1.29 is 23.2 Å². The predicted octanol–water partition coefficient (Wildman–Crippen LogP) is 0.0392. The highest BCUT2D eigenvalue weighted by Crippen LogP contribution is 2.21. The molecule has 0 aliphatic heterocycles. The fourth-order valence-corrected chi connectivity index (χ4v) is 2.40. The van der Waals surface area contributed by atoms with E-state index in [4.69, 9.17) is 5.11 Å². The van der Waals surface area contributed by atoms with E-state index in [1.54, 1.807) is 6.92 Å². The minimum Gasteiger partial charge on any atom is -0.477 e. The van der Waals surface area contributed by atoms with Crippen molar-refractivity contribution in [2.75, 3.05) is 24.2 Å². The molecule has 0 aliphatic rings. The number of rotatable bonds is 8. The van der Waals surface area contributed by atoms with Crippen molar-refractivity contribution in [2.24, 2.45) is 0 Å². The Labute approximate surface area is 120 Å². The highest BCUT2D eigenvalue weighted by atomic mass is 32.2. The quantitative estimate of drug-likeness (QED) is 0.449. The van der Waals surface area contributed by atoms with Crippen LogP contribution in [0.1, 0.15) is 17.4 Å². The second kappa shape index (κ2) is 6.95. The minimum atomic E-state index is -3.49. The lowest BCUT2D eigenvalue weighted by atomic mass is 10.3. The summed E-state index contributed by atoms with van der Waals surface area (Å²) in [5, 5.41) is 22.1. The Morgan fingerprint density at radius 3 is 2.67 bits per heavy atom. The number of aromatic nitrogens is 1. The van der Waals surface area contributed by atoms with Gasteiger partial charge in [0.15, 0.2) is 5.69 Å². The lowest BCUT2D eigenvalue weighted by molar-refractivity contribution is -0.384. The number of nitrogens with one attached hydrogen (secondary N) is 2. The third-order valence-corrected chi connectivity index (χ3v) is 3.79. The molecule has 116 valence electrons. The van der Waals surface area contributed by atoms with E-state index in [1.807, 2.05) is 0 Å². The van der Waals surface area contributed by atoms with Crippen LogP contribution in [0.2, 0.25) is 0 Å². The van der Waals surface area contributed by atoms with Gasteiger partial charge in [-0.15, -0.1) is 0 Å². The Morgan fingerprint density at radius 1 is 1.48 bits per heavy atom. The average Bonchev–Trinajstić information content (AvgIpc) is 2.37. The molecular formula is C10H14N4O6S. The summed E-state index contributed by atoms with van der Waals surface area (Å²) in [4.78, 5) is 24.5. The number of carboxylic acids is 1. The van der Waals surface area contributed by atoms with Crippen LogP contribution >= 0.6 is 0 Å². The maximum atomic E-state index is 11.4. The number of aromatic carboxylic acids is 1. The van der Waals surface area contributed by atoms with Crippen LogP contribution in [0.25, 0.3) is 0 Å². The number of carboxylic acid groups (broad SMARTS) is 1. The van der Waals surface area contributed by atoms with E-state index in [0.29, 0.717) is 0 Å². The van der Waals surface area contributed by atoms with Gasteiger partial charge in [0.05, 0.1) is 10.7 Å². The van der Waals surface area contributed by atoms with Crippen LogP contribution in [0.3, 0.4) is 0 Å². The van der Waals surface area contributed by atoms with Crippen LogP contribution in [0.4, 0.5) is 11.5 Å². The van der Waals surface area contributed by atoms with E-state index < -0.39 is 26.6 Å². The number of anilines is 1. The first-order chi connectivity index (χ1) is 9.76. The van der Waals surface area contributed by atoms with E-state index in [9.17, 15) is 23.3 Å². The highest BCUT2D eigenvalue weighted by molar-refractivity contribution is 7.89. The van der Waals surface area contributed by atoms with E-state index >= 15 is 0 Å². The third kappa shape index (κ3) is 4.96. The Bertz CT molecular complexity index is 645. The van der Waals surface area contributed by atoms with Gasteiger partial charge < -0.3 is 10.4 Å². The Hall–Kier alpha value is -2.27. The van der Waals surface area contributed by atoms with Gasteiger partial charge in [0.1, 0.15) is 0 Å². The molecule has 1 aromatic rings. The van der Waals surface area contributed by atoms with Gasteiger partial charge in [-0.3, -0.25) is 10.1 Å². The lowest BCUT2D eigenvalue weighted by Crippen LogP contribution is -2.29. The summed E-state index contributed by atoms with van der Waals surface area (Å²) in [6.07, 6.45) is 0. The Balaban J connectivity index is 2.88. The van der Waals surface area contributed by atoms with Gasteiger partial charge in [-0.05, 0) is 6.07 Å². The minimum absolute atomic E-state index is 0.147. The molecular weight excluding hydrogens is 304 g/mol. The summed E-state index contributed by atoms with van der Waals surface area (Å²) in [5.74, 6) is -1.95. The molecule has 1 aromatic heterocycles. The van der Waals surface area contributed by atoms with Crippen molar-refractivity contribution >= 4 is 27.5 Å². The normalized spacial score (nSPS) is 11.1. The molecule has 0 saturated heterocycles. The zero-order valence-electron chi connectivity index (χ0n) is 11.1. The smallest absolute Gasteiger partial charge is 0.354 e. The monoisotopic (exact) mass is 318 g/mol. The third-order valence-electron chi connectivity index (χ3n) is 2.32. The molecule has 0 saturated carbocycles. The summed E-state index contributed by atoms with van der Waals surface area (Å²) < 4.78 is 25.1. The molecule has 0 atom stereocenters. The lowest BCUT2D eigenvalue weighted by Gasteiger charge is -2.08. The number of sulfonamides is 1. The molecule has 11 heteroatoms. The van der Waals surface area contributed by atoms with Crippen LogP contribution in [0, 0.1) is 10.1 Å². The summed E-state index contributed by atoms with van der Waals surface area (Å²) in [6.45, 7) is 1.70. The fourth-order valence-electron chi connectivity index (χ4n) is 1.44. The Morgan fingerprint density at radius 2 is 2.14 bits per heavy atom. The molecule has 3 N–H and O–H groups in total. The number of carbonyl (C=O) groups is 1. The second-order valence-electron chi connectivity index (χ2n) is 3.87. The Kier molecular flexibility index (Phi) is 5.55. The molecule has 0 aromatic carbocycles. The van der Waals surface area contributed by atoms with Gasteiger partial charge in [-0.2, -0.15) is 0 Å². The average molecular weight is 318 g/mol. The first-order valence-corrected chi connectivity index (χ1v) is 7.52. The SMILES string of the molecule is CCNS(=O)(=O)CCNc1nc(C(=O)O)ccc1[N+](=O)[O-]. The molecule has 0 aliphatic carbocycles. The van der Waals surface area contributed by atoms with Crippen LogP contribution in [0.15, 0.2) is 12.1 Å². The predicted molar refractivity (Wildman–Crippen MR) is 73.8 cm³/mol. The summed E-state index contributed by atoms with van der Waals surface area (Å²) >= 11 is 0. The number of nitro groups is 1. The van der Waals surface area contributed by atoms with Gasteiger partial charge >= 0.3 is 11.7 Å². The standard InChI is InChI=1S/C10H14N4O6S/c1-2-12-21(19,20)6-5-11-9-8(14(17)18)4-3-7(13-9)10(15)16/h3-4,12H,2,5-6H2,1H3,(H,11,13)(H,15,16). The largest absolute Gasteiger partial charge is 0.477 e. The molecule has 0 spiro atoms. The molecule has 0 amide bonds. The topological polar surface area (TPSA) is 152 Å². The number of pyridine rings is 1. The van der Waals surface area contributed by atoms with Crippen molar-refractivity contribution in [1.29, 1.82) is 0 Å². The van der Waals surface area contributed by atoms with Crippen LogP contribution < -0.4 is 10.0 Å². The van der Waals surface area contributed by atoms with E-state index in [0.717, 1.165) is 12.1 Å². The molecule has 0 fully saturated rings. The second-order valence-corrected chi connectivity index (χ2v) is 5.80. The first kappa shape index (κ1) is 16.8. The van der Waals surface area contributed by atoms with Crippen LogP contribution in [-0.2, 0) is 10.0 Å². The van der Waals surface area contributed by atoms with E-state index in [-0.39, 0.29) is 30.4 Å². The molecule has 0 radical (unpaired) electrons. The van der Waals surface area contributed by atoms with Crippen molar-refractivity contribution in [3.05, 3.63) is 27.9 Å². The first-order valence-electron chi connectivity index (χ1n) is 5.86. The van der Waals surface area contributed by atoms with E-state index in [1.165, 1.54) is 0 Å². The van der Waals surface area contributed by atoms with Gasteiger partial charge in [0.2, 0.25) is 15.8 Å². The van der Waals surface area contributed by atoms with Crippen molar-refractivity contribution in [3.63, 3.8) is 0 Å². The molecule has 21 heavy (non-hydrogen) atoms. The molecule has 0 unspecified atom stereocenters. The molecule has 10 nitrogen and oxygen atoms in total. The molecule has 1 heterocycles. The van der Waals surface area contributed by atoms with Crippen LogP contribution in [-0.4, -0.2) is 48.2 Å². The van der Waals surface area contributed by atoms with E-state index in [2.05, 4.69) is 15.0 Å². The van der Waals surface area contributed by atoms with Gasteiger partial charge in [-0.1, -0.05) is 6.92 Å².